The van der Waals surface area contributed by atoms with Crippen LogP contribution in [0.2, 0.25) is 0 Å². The molecule has 4 atom stereocenters. The quantitative estimate of drug-likeness (QED) is 0.704. The van der Waals surface area contributed by atoms with Crippen LogP contribution in [0.1, 0.15) is 37.3 Å². The molecule has 2 aromatic rings. The van der Waals surface area contributed by atoms with Crippen molar-refractivity contribution in [2.75, 3.05) is 5.73 Å². The van der Waals surface area contributed by atoms with Crippen molar-refractivity contribution in [3.63, 3.8) is 0 Å². The number of hydrogen-bond acceptors (Lipinski definition) is 2. The molecule has 0 amide bonds. The van der Waals surface area contributed by atoms with Crippen molar-refractivity contribution < 1.29 is 0 Å². The van der Waals surface area contributed by atoms with Crippen LogP contribution in [-0.2, 0) is 12.8 Å². The zero-order valence-electron chi connectivity index (χ0n) is 16.7. The number of benzene rings is 2. The highest BCUT2D eigenvalue weighted by Gasteiger charge is 2.68. The van der Waals surface area contributed by atoms with E-state index >= 15 is 0 Å². The molecule has 2 nitrogen and oxygen atoms in total. The van der Waals surface area contributed by atoms with Gasteiger partial charge < -0.3 is 11.5 Å². The second kappa shape index (κ2) is 6.63. The Labute approximate surface area is 168 Å². The molecule has 3 aliphatic rings. The topological polar surface area (TPSA) is 52.0 Å². The summed E-state index contributed by atoms with van der Waals surface area (Å²) in [7, 11) is 0. The Morgan fingerprint density at radius 3 is 2.64 bits per heavy atom. The number of nitrogen functional groups attached to an aromatic ring is 1. The molecule has 5 rings (SSSR count). The first-order chi connectivity index (χ1) is 13.6. The minimum absolute atomic E-state index is 0.302. The van der Waals surface area contributed by atoms with Crippen LogP contribution in [0.4, 0.5) is 5.69 Å². The lowest BCUT2D eigenvalue weighted by Crippen LogP contribution is -2.30. The summed E-state index contributed by atoms with van der Waals surface area (Å²) in [5.41, 5.74) is 20.4. The number of anilines is 1. The second-order valence-electron chi connectivity index (χ2n) is 8.86. The number of fused-ring (bicyclic) bond motifs is 1. The van der Waals surface area contributed by atoms with Gasteiger partial charge in [0, 0.05) is 17.1 Å². The molecule has 28 heavy (non-hydrogen) atoms. The lowest BCUT2D eigenvalue weighted by molar-refractivity contribution is 0.476. The van der Waals surface area contributed by atoms with Crippen molar-refractivity contribution in [3.8, 4) is 11.1 Å². The van der Waals surface area contributed by atoms with Crippen LogP contribution in [0.25, 0.3) is 11.1 Å². The van der Waals surface area contributed by atoms with Crippen LogP contribution in [0.15, 0.2) is 66.3 Å². The SMILES string of the molecule is CCc1ccc(CCC2=CC34C(C=C2)C3CC[C@H]4N)c(-c2ccc(N)cc2)c1. The standard InChI is InChI=1S/C26H30N2/c1-2-17-3-6-19(22(15-17)20-8-10-21(27)11-9-20)7-4-18-5-12-23-24-13-14-25(28)26(23,24)16-18/h3,5-6,8-12,15-16,23-25H,2,4,7,13-14,27-28H2,1H3/t23?,24?,25-,26?/m1/s1. The molecule has 4 N–H and O–H groups in total. The van der Waals surface area contributed by atoms with Crippen molar-refractivity contribution >= 4 is 5.69 Å². The molecule has 0 saturated heterocycles. The molecule has 1 spiro atoms. The van der Waals surface area contributed by atoms with E-state index in [1.54, 1.807) is 0 Å². The molecule has 0 aromatic heterocycles. The van der Waals surface area contributed by atoms with Gasteiger partial charge in [-0.25, -0.2) is 0 Å². The summed E-state index contributed by atoms with van der Waals surface area (Å²) < 4.78 is 0. The highest BCUT2D eigenvalue weighted by molar-refractivity contribution is 5.70. The van der Waals surface area contributed by atoms with E-state index in [9.17, 15) is 0 Å². The van der Waals surface area contributed by atoms with E-state index in [0.29, 0.717) is 17.4 Å². The predicted octanol–water partition coefficient (Wildman–Crippen LogP) is 5.28. The zero-order valence-corrected chi connectivity index (χ0v) is 16.7. The van der Waals surface area contributed by atoms with Crippen molar-refractivity contribution in [1.82, 2.24) is 0 Å². The van der Waals surface area contributed by atoms with Crippen LogP contribution in [-0.4, -0.2) is 6.04 Å². The van der Waals surface area contributed by atoms with Gasteiger partial charge in [-0.2, -0.15) is 0 Å². The van der Waals surface area contributed by atoms with E-state index < -0.39 is 0 Å². The average molecular weight is 371 g/mol. The molecule has 0 heterocycles. The summed E-state index contributed by atoms with van der Waals surface area (Å²) in [5, 5.41) is 0. The van der Waals surface area contributed by atoms with E-state index in [-0.39, 0.29) is 0 Å². The van der Waals surface area contributed by atoms with Crippen LogP contribution in [0, 0.1) is 17.3 Å². The maximum atomic E-state index is 6.49. The molecule has 3 aliphatic carbocycles. The third kappa shape index (κ3) is 2.74. The van der Waals surface area contributed by atoms with Gasteiger partial charge in [0.1, 0.15) is 0 Å². The van der Waals surface area contributed by atoms with Gasteiger partial charge in [0.2, 0.25) is 0 Å². The maximum absolute atomic E-state index is 6.49. The number of hydrogen-bond donors (Lipinski definition) is 2. The summed E-state index contributed by atoms with van der Waals surface area (Å²) in [6, 6.07) is 15.6. The van der Waals surface area contributed by atoms with Gasteiger partial charge >= 0.3 is 0 Å². The molecular weight excluding hydrogens is 340 g/mol. The summed E-state index contributed by atoms with van der Waals surface area (Å²) in [6.45, 7) is 2.21. The predicted molar refractivity (Wildman–Crippen MR) is 118 cm³/mol. The zero-order chi connectivity index (χ0) is 19.3. The van der Waals surface area contributed by atoms with Crippen LogP contribution in [0.5, 0.6) is 0 Å². The minimum atomic E-state index is 0.302. The molecule has 0 bridgehead atoms. The Kier molecular flexibility index (Phi) is 4.21. The lowest BCUT2D eigenvalue weighted by Gasteiger charge is -2.22. The van der Waals surface area contributed by atoms with E-state index in [1.165, 1.54) is 40.7 Å². The normalized spacial score (nSPS) is 29.9. The third-order valence-corrected chi connectivity index (χ3v) is 7.42. The van der Waals surface area contributed by atoms with Gasteiger partial charge in [0.05, 0.1) is 0 Å². The Morgan fingerprint density at radius 2 is 1.86 bits per heavy atom. The van der Waals surface area contributed by atoms with E-state index in [2.05, 4.69) is 55.5 Å². The molecule has 2 fully saturated rings. The van der Waals surface area contributed by atoms with Crippen molar-refractivity contribution in [2.24, 2.45) is 23.0 Å². The monoisotopic (exact) mass is 370 g/mol. The fourth-order valence-corrected chi connectivity index (χ4v) is 5.73. The highest BCUT2D eigenvalue weighted by Crippen LogP contribution is 2.70. The maximum Gasteiger partial charge on any atom is 0.0314 e. The molecule has 3 unspecified atom stereocenters. The third-order valence-electron chi connectivity index (χ3n) is 7.42. The number of nitrogens with two attached hydrogens (primary N) is 2. The van der Waals surface area contributed by atoms with Gasteiger partial charge in [0.25, 0.3) is 0 Å². The van der Waals surface area contributed by atoms with Crippen LogP contribution < -0.4 is 11.5 Å². The largest absolute Gasteiger partial charge is 0.399 e. The molecular formula is C26H30N2. The highest BCUT2D eigenvalue weighted by atomic mass is 14.8. The van der Waals surface area contributed by atoms with Crippen molar-refractivity contribution in [3.05, 3.63) is 77.4 Å². The first-order valence-electron chi connectivity index (χ1n) is 10.7. The molecule has 144 valence electrons. The Bertz CT molecular complexity index is 953. The van der Waals surface area contributed by atoms with Crippen molar-refractivity contribution in [1.29, 1.82) is 0 Å². The summed E-state index contributed by atoms with van der Waals surface area (Å²) in [6.07, 6.45) is 13.0. The minimum Gasteiger partial charge on any atom is -0.399 e. The number of aryl methyl sites for hydroxylation is 2. The Hall–Kier alpha value is -2.32. The van der Waals surface area contributed by atoms with Gasteiger partial charge in [0.15, 0.2) is 0 Å². The molecule has 2 aromatic carbocycles. The average Bonchev–Trinajstić information content (AvgIpc) is 3.28. The van der Waals surface area contributed by atoms with Gasteiger partial charge in [-0.3, -0.25) is 0 Å². The van der Waals surface area contributed by atoms with Gasteiger partial charge in [-0.05, 0) is 78.3 Å². The Morgan fingerprint density at radius 1 is 1.04 bits per heavy atom. The van der Waals surface area contributed by atoms with E-state index in [4.69, 9.17) is 11.5 Å². The first kappa shape index (κ1) is 17.8. The van der Waals surface area contributed by atoms with E-state index in [1.807, 2.05) is 12.1 Å². The van der Waals surface area contributed by atoms with Gasteiger partial charge in [-0.15, -0.1) is 0 Å². The molecule has 0 aliphatic heterocycles. The summed E-state index contributed by atoms with van der Waals surface area (Å²) in [5.74, 6) is 1.53. The molecule has 0 radical (unpaired) electrons. The Balaban J connectivity index is 1.40. The van der Waals surface area contributed by atoms with Crippen molar-refractivity contribution in [2.45, 2.75) is 45.1 Å². The second-order valence-corrected chi connectivity index (χ2v) is 8.86. The van der Waals surface area contributed by atoms with Crippen LogP contribution >= 0.6 is 0 Å². The van der Waals surface area contributed by atoms with Gasteiger partial charge in [-0.1, -0.05) is 61.1 Å². The fraction of sp³-hybridized carbons (Fsp3) is 0.385. The van der Waals surface area contributed by atoms with Crippen LogP contribution in [0.3, 0.4) is 0 Å². The fourth-order valence-electron chi connectivity index (χ4n) is 5.73. The molecule has 2 saturated carbocycles. The first-order valence-corrected chi connectivity index (χ1v) is 10.7. The smallest absolute Gasteiger partial charge is 0.0314 e. The summed E-state index contributed by atoms with van der Waals surface area (Å²) >= 11 is 0. The van der Waals surface area contributed by atoms with E-state index in [0.717, 1.165) is 30.9 Å². The summed E-state index contributed by atoms with van der Waals surface area (Å²) in [4.78, 5) is 0. The molecule has 2 heteroatoms. The lowest BCUT2D eigenvalue weighted by atomic mass is 9.86. The number of rotatable bonds is 5. The number of allylic oxidation sites excluding steroid dienone is 3.